The number of nitrogens with one attached hydrogen (secondary N) is 2. The van der Waals surface area contributed by atoms with Crippen molar-refractivity contribution in [2.75, 3.05) is 39.1 Å². The number of carbonyl (C=O) groups excluding carboxylic acids is 4. The van der Waals surface area contributed by atoms with Crippen LogP contribution in [0.5, 0.6) is 11.5 Å². The van der Waals surface area contributed by atoms with Crippen LogP contribution in [0.25, 0.3) is 0 Å². The molecule has 14 nitrogen and oxygen atoms in total. The third-order valence-electron chi connectivity index (χ3n) is 10.4. The Kier molecular flexibility index (Phi) is 17.2. The van der Waals surface area contributed by atoms with E-state index in [1.807, 2.05) is 62.4 Å². The van der Waals surface area contributed by atoms with Gasteiger partial charge in [-0.2, -0.15) is 0 Å². The average molecular weight is 837 g/mol. The standard InChI is InChI=1S/2C23H34N2O5/c2*1-8-15-23(5,29-7)20(24-16-9-11-17(28-6)12-10-16)18-13-14-19(26)25(18)21(27)30-22(2,3)4/h2*9-14,18,20,24H,8,15H2,1-7H3/t18-,20?,23-;18-,20+,23-/m11/s1. The minimum Gasteiger partial charge on any atom is -0.497 e. The highest BCUT2D eigenvalue weighted by molar-refractivity contribution is 6.02. The molecule has 6 atom stereocenters. The summed E-state index contributed by atoms with van der Waals surface area (Å²) in [5.74, 6) is 0.689. The molecule has 0 radical (unpaired) electrons. The zero-order valence-corrected chi connectivity index (χ0v) is 38.0. The molecular formula is C46H68N4O10. The molecule has 0 saturated carbocycles. The number of hydrogen-bond donors (Lipinski definition) is 2. The van der Waals surface area contributed by atoms with Gasteiger partial charge in [-0.05, 0) is 117 Å². The van der Waals surface area contributed by atoms with Crippen LogP contribution in [0.3, 0.4) is 0 Å². The minimum atomic E-state index is -0.711. The van der Waals surface area contributed by atoms with Crippen molar-refractivity contribution < 1.29 is 47.6 Å². The molecule has 0 bridgehead atoms. The molecule has 2 N–H and O–H groups in total. The van der Waals surface area contributed by atoms with Gasteiger partial charge in [0.15, 0.2) is 0 Å². The molecule has 4 rings (SSSR count). The normalized spacial score (nSPS) is 19.4. The van der Waals surface area contributed by atoms with Crippen molar-refractivity contribution in [1.82, 2.24) is 9.80 Å². The molecule has 14 heteroatoms. The highest BCUT2D eigenvalue weighted by atomic mass is 16.6. The molecule has 332 valence electrons. The van der Waals surface area contributed by atoms with Crippen molar-refractivity contribution in [3.8, 4) is 11.5 Å². The first-order valence-electron chi connectivity index (χ1n) is 20.5. The van der Waals surface area contributed by atoms with Gasteiger partial charge >= 0.3 is 12.2 Å². The van der Waals surface area contributed by atoms with E-state index in [4.69, 9.17) is 28.4 Å². The van der Waals surface area contributed by atoms with E-state index in [1.165, 1.54) is 22.0 Å². The largest absolute Gasteiger partial charge is 0.497 e. The highest BCUT2D eigenvalue weighted by Gasteiger charge is 2.48. The third-order valence-corrected chi connectivity index (χ3v) is 10.4. The van der Waals surface area contributed by atoms with Gasteiger partial charge in [0.1, 0.15) is 22.7 Å². The second-order valence-corrected chi connectivity index (χ2v) is 17.3. The zero-order chi connectivity index (χ0) is 45.1. The molecule has 0 fully saturated rings. The first-order valence-corrected chi connectivity index (χ1v) is 20.5. The van der Waals surface area contributed by atoms with Crippen LogP contribution in [0.1, 0.15) is 94.9 Å². The summed E-state index contributed by atoms with van der Waals surface area (Å²) < 4.78 is 33.3. The highest BCUT2D eigenvalue weighted by Crippen LogP contribution is 2.34. The fourth-order valence-corrected chi connectivity index (χ4v) is 7.25. The lowest BCUT2D eigenvalue weighted by Crippen LogP contribution is -2.59. The van der Waals surface area contributed by atoms with Crippen LogP contribution in [0.2, 0.25) is 0 Å². The predicted molar refractivity (Wildman–Crippen MR) is 233 cm³/mol. The third kappa shape index (κ3) is 13.0. The van der Waals surface area contributed by atoms with Crippen molar-refractivity contribution in [3.63, 3.8) is 0 Å². The summed E-state index contributed by atoms with van der Waals surface area (Å²) >= 11 is 0. The molecule has 0 spiro atoms. The van der Waals surface area contributed by atoms with Gasteiger partial charge < -0.3 is 39.1 Å². The molecule has 2 aromatic carbocycles. The average Bonchev–Trinajstić information content (AvgIpc) is 3.77. The SMILES string of the molecule is CCC[C@@](C)(OC)C(Nc1ccc(OC)cc1)[C@H]1C=CC(=O)N1C(=O)OC(C)(C)C.CCC[C@@](C)(OC)[C@@H](Nc1ccc(OC)cc1)[C@H]1C=CC(=O)N1C(=O)OC(C)(C)C. The Morgan fingerprint density at radius 1 is 0.583 bits per heavy atom. The molecule has 2 aliphatic heterocycles. The molecule has 0 aromatic heterocycles. The van der Waals surface area contributed by atoms with Gasteiger partial charge in [0.25, 0.3) is 11.8 Å². The number of hydrogen-bond acceptors (Lipinski definition) is 12. The predicted octanol–water partition coefficient (Wildman–Crippen LogP) is 8.77. The van der Waals surface area contributed by atoms with Gasteiger partial charge in [-0.1, -0.05) is 38.8 Å². The molecule has 2 aromatic rings. The Bertz CT molecular complexity index is 1670. The summed E-state index contributed by atoms with van der Waals surface area (Å²) in [5.41, 5.74) is -1.05. The summed E-state index contributed by atoms with van der Waals surface area (Å²) in [6, 6.07) is 13.1. The van der Waals surface area contributed by atoms with E-state index in [0.717, 1.165) is 48.6 Å². The summed E-state index contributed by atoms with van der Waals surface area (Å²) in [4.78, 5) is 53.2. The lowest BCUT2D eigenvalue weighted by Gasteiger charge is -2.42. The minimum absolute atomic E-state index is 0.397. The van der Waals surface area contributed by atoms with Gasteiger partial charge in [0.05, 0.1) is 49.6 Å². The van der Waals surface area contributed by atoms with Crippen molar-refractivity contribution >= 4 is 35.4 Å². The van der Waals surface area contributed by atoms with Crippen molar-refractivity contribution in [2.24, 2.45) is 0 Å². The first kappa shape index (κ1) is 49.3. The fraction of sp³-hybridized carbons (Fsp3) is 0.565. The Hall–Kier alpha value is -5.08. The van der Waals surface area contributed by atoms with Crippen molar-refractivity contribution in [3.05, 3.63) is 72.8 Å². The van der Waals surface area contributed by atoms with E-state index in [-0.39, 0.29) is 0 Å². The number of methoxy groups -OCH3 is 4. The zero-order valence-electron chi connectivity index (χ0n) is 38.0. The Labute approximate surface area is 356 Å². The van der Waals surface area contributed by atoms with Crippen LogP contribution in [0, 0.1) is 0 Å². The van der Waals surface area contributed by atoms with Crippen LogP contribution in [0.15, 0.2) is 72.8 Å². The van der Waals surface area contributed by atoms with Gasteiger partial charge in [-0.3, -0.25) is 9.59 Å². The van der Waals surface area contributed by atoms with E-state index >= 15 is 0 Å². The topological polar surface area (TPSA) is 154 Å². The van der Waals surface area contributed by atoms with Gasteiger partial charge in [-0.15, -0.1) is 0 Å². The van der Waals surface area contributed by atoms with Crippen LogP contribution in [-0.4, -0.2) is 109 Å². The summed E-state index contributed by atoms with van der Waals surface area (Å²) in [5, 5.41) is 6.97. The fourth-order valence-electron chi connectivity index (χ4n) is 7.25. The Balaban J connectivity index is 0.000000320. The van der Waals surface area contributed by atoms with Gasteiger partial charge in [-0.25, -0.2) is 19.4 Å². The Morgan fingerprint density at radius 2 is 0.900 bits per heavy atom. The van der Waals surface area contributed by atoms with E-state index in [0.29, 0.717) is 0 Å². The molecule has 2 aliphatic rings. The number of anilines is 2. The second-order valence-electron chi connectivity index (χ2n) is 17.3. The number of nitrogens with zero attached hydrogens (tertiary/aromatic N) is 2. The lowest BCUT2D eigenvalue weighted by atomic mass is 9.85. The number of benzene rings is 2. The summed E-state index contributed by atoms with van der Waals surface area (Å²) in [6.07, 6.45) is 8.19. The van der Waals surface area contributed by atoms with E-state index in [9.17, 15) is 19.2 Å². The molecule has 0 aliphatic carbocycles. The maximum Gasteiger partial charge on any atom is 0.417 e. The Morgan fingerprint density at radius 3 is 1.15 bits per heavy atom. The van der Waals surface area contributed by atoms with E-state index in [1.54, 1.807) is 82.1 Å². The number of amides is 4. The molecule has 2 heterocycles. The van der Waals surface area contributed by atoms with E-state index < -0.39 is 70.6 Å². The number of carbonyl (C=O) groups is 4. The number of imide groups is 2. The van der Waals surface area contributed by atoms with Crippen molar-refractivity contribution in [2.45, 2.75) is 141 Å². The quantitative estimate of drug-likeness (QED) is 0.166. The van der Waals surface area contributed by atoms with Crippen molar-refractivity contribution in [1.29, 1.82) is 0 Å². The van der Waals surface area contributed by atoms with Crippen LogP contribution >= 0.6 is 0 Å². The smallest absolute Gasteiger partial charge is 0.417 e. The van der Waals surface area contributed by atoms with Crippen LogP contribution in [-0.2, 0) is 28.5 Å². The first-order chi connectivity index (χ1) is 28.1. The summed E-state index contributed by atoms with van der Waals surface area (Å²) in [6.45, 7) is 18.8. The molecule has 60 heavy (non-hydrogen) atoms. The lowest BCUT2D eigenvalue weighted by molar-refractivity contribution is -0.128. The maximum absolute atomic E-state index is 12.9. The van der Waals surface area contributed by atoms with E-state index in [2.05, 4.69) is 24.5 Å². The monoisotopic (exact) mass is 836 g/mol. The van der Waals surface area contributed by atoms with Crippen LogP contribution in [0.4, 0.5) is 21.0 Å². The molecular weight excluding hydrogens is 769 g/mol. The molecule has 4 amide bonds. The molecule has 0 saturated heterocycles. The number of rotatable bonds is 16. The molecule has 1 unspecified atom stereocenters. The second kappa shape index (κ2) is 20.9. The number of ether oxygens (including phenoxy) is 6. The van der Waals surface area contributed by atoms with Gasteiger partial charge in [0, 0.05) is 37.7 Å². The van der Waals surface area contributed by atoms with Crippen LogP contribution < -0.4 is 20.1 Å². The summed E-state index contributed by atoms with van der Waals surface area (Å²) in [7, 11) is 6.53. The van der Waals surface area contributed by atoms with Gasteiger partial charge in [0.2, 0.25) is 0 Å². The maximum atomic E-state index is 12.9.